The second kappa shape index (κ2) is 8.60. The van der Waals surface area contributed by atoms with Crippen LogP contribution >= 0.6 is 0 Å². The summed E-state index contributed by atoms with van der Waals surface area (Å²) in [5, 5.41) is 17.8. The lowest BCUT2D eigenvalue weighted by atomic mass is 9.69. The first-order valence-corrected chi connectivity index (χ1v) is 11.8. The first-order valence-electron chi connectivity index (χ1n) is 11.8. The number of fused-ring (bicyclic) bond motifs is 2. The van der Waals surface area contributed by atoms with Crippen LogP contribution in [0.5, 0.6) is 0 Å². The Bertz CT molecular complexity index is 722. The summed E-state index contributed by atoms with van der Waals surface area (Å²) in [6, 6.07) is -1.30. The van der Waals surface area contributed by atoms with Gasteiger partial charge in [-0.25, -0.2) is 9.59 Å². The number of hydrogen-bond donors (Lipinski definition) is 5. The van der Waals surface area contributed by atoms with Crippen molar-refractivity contribution in [2.45, 2.75) is 103 Å². The maximum atomic E-state index is 13.2. The van der Waals surface area contributed by atoms with Crippen molar-refractivity contribution in [3.05, 3.63) is 0 Å². The lowest BCUT2D eigenvalue weighted by Gasteiger charge is -2.40. The number of rotatable bonds is 10. The van der Waals surface area contributed by atoms with Crippen molar-refractivity contribution < 1.29 is 19.5 Å². The fourth-order valence-electron chi connectivity index (χ4n) is 5.69. The third kappa shape index (κ3) is 4.69. The summed E-state index contributed by atoms with van der Waals surface area (Å²) in [6.45, 7) is 8.79. The van der Waals surface area contributed by atoms with E-state index < -0.39 is 23.7 Å². The Morgan fingerprint density at radius 1 is 1.19 bits per heavy atom. The van der Waals surface area contributed by atoms with Crippen molar-refractivity contribution in [3.8, 4) is 0 Å². The molecule has 3 rings (SSSR count). The van der Waals surface area contributed by atoms with Crippen LogP contribution in [0.3, 0.4) is 0 Å². The summed E-state index contributed by atoms with van der Waals surface area (Å²) in [4.78, 5) is 37.4. The van der Waals surface area contributed by atoms with Gasteiger partial charge >= 0.3 is 12.0 Å². The third-order valence-corrected chi connectivity index (χ3v) is 8.64. The van der Waals surface area contributed by atoms with Crippen LogP contribution in [0.15, 0.2) is 0 Å². The van der Waals surface area contributed by atoms with Gasteiger partial charge in [0.1, 0.15) is 6.04 Å². The standard InChI is InChI=1S/C23H40N4O4/c1-5-6-10-23(24,19(29)30)27-20(31)25-16(12-14-7-8-14)18(28)26-17-13-15-9-11-22(17,4)21(15,2)3/h14-17H,5-13,24H2,1-4H3,(H,26,28)(H,29,30)(H2,25,27,31)/t15-,16-,17+,22+,23?/m1/s1. The number of carboxylic acids is 1. The summed E-state index contributed by atoms with van der Waals surface area (Å²) in [5.41, 5.74) is 4.33. The minimum Gasteiger partial charge on any atom is -0.478 e. The molecule has 0 spiro atoms. The Labute approximate surface area is 185 Å². The molecule has 3 fully saturated rings. The third-order valence-electron chi connectivity index (χ3n) is 8.64. The van der Waals surface area contributed by atoms with E-state index in [0.29, 0.717) is 24.7 Å². The number of aliphatic carboxylic acids is 1. The highest BCUT2D eigenvalue weighted by Gasteiger charge is 2.61. The maximum Gasteiger partial charge on any atom is 0.344 e. The Morgan fingerprint density at radius 3 is 2.35 bits per heavy atom. The van der Waals surface area contributed by atoms with Crippen molar-refractivity contribution in [1.82, 2.24) is 16.0 Å². The van der Waals surface area contributed by atoms with Crippen molar-refractivity contribution in [3.63, 3.8) is 0 Å². The molecule has 3 saturated carbocycles. The summed E-state index contributed by atoms with van der Waals surface area (Å²) >= 11 is 0. The Hall–Kier alpha value is -1.83. The van der Waals surface area contributed by atoms with E-state index in [1.165, 1.54) is 6.42 Å². The van der Waals surface area contributed by atoms with Crippen molar-refractivity contribution in [2.24, 2.45) is 28.4 Å². The molecule has 0 saturated heterocycles. The molecule has 31 heavy (non-hydrogen) atoms. The van der Waals surface area contributed by atoms with Gasteiger partial charge in [0.2, 0.25) is 5.91 Å². The Morgan fingerprint density at radius 2 is 1.87 bits per heavy atom. The normalized spacial score (nSPS) is 31.5. The van der Waals surface area contributed by atoms with Gasteiger partial charge in [-0.15, -0.1) is 0 Å². The van der Waals surface area contributed by atoms with Crippen LogP contribution in [0.25, 0.3) is 0 Å². The fraction of sp³-hybridized carbons (Fsp3) is 0.870. The van der Waals surface area contributed by atoms with Gasteiger partial charge in [0.05, 0.1) is 0 Å². The molecule has 3 aliphatic rings. The highest BCUT2D eigenvalue weighted by Crippen LogP contribution is 2.65. The van der Waals surface area contributed by atoms with E-state index >= 15 is 0 Å². The smallest absolute Gasteiger partial charge is 0.344 e. The molecule has 8 nitrogen and oxygen atoms in total. The van der Waals surface area contributed by atoms with Crippen LogP contribution in [0.2, 0.25) is 0 Å². The van der Waals surface area contributed by atoms with E-state index in [1.807, 2.05) is 6.92 Å². The molecule has 176 valence electrons. The number of nitrogens with one attached hydrogen (secondary N) is 3. The molecule has 0 heterocycles. The van der Waals surface area contributed by atoms with Crippen LogP contribution in [0.4, 0.5) is 4.79 Å². The molecule has 2 bridgehead atoms. The molecule has 6 N–H and O–H groups in total. The average molecular weight is 437 g/mol. The first-order chi connectivity index (χ1) is 14.4. The molecule has 0 aromatic heterocycles. The molecule has 0 aliphatic heterocycles. The molecule has 8 heteroatoms. The number of unbranched alkanes of at least 4 members (excludes halogenated alkanes) is 1. The zero-order chi connectivity index (χ0) is 23.0. The van der Waals surface area contributed by atoms with Gasteiger partial charge in [-0.05, 0) is 61.2 Å². The minimum absolute atomic E-state index is 0.0512. The van der Waals surface area contributed by atoms with E-state index in [4.69, 9.17) is 5.73 Å². The number of amides is 3. The number of carboxylic acid groups (broad SMARTS) is 1. The highest BCUT2D eigenvalue weighted by atomic mass is 16.4. The molecular weight excluding hydrogens is 396 g/mol. The maximum absolute atomic E-state index is 13.2. The van der Waals surface area contributed by atoms with Gasteiger partial charge < -0.3 is 21.1 Å². The van der Waals surface area contributed by atoms with Gasteiger partial charge in [0, 0.05) is 6.04 Å². The van der Waals surface area contributed by atoms with Crippen LogP contribution < -0.4 is 21.7 Å². The summed E-state index contributed by atoms with van der Waals surface area (Å²) in [5.74, 6) is -0.433. The second-order valence-corrected chi connectivity index (χ2v) is 10.9. The number of nitrogens with two attached hydrogens (primary N) is 1. The van der Waals surface area contributed by atoms with Crippen LogP contribution in [0.1, 0.15) is 85.5 Å². The quantitative estimate of drug-likeness (QED) is 0.336. The zero-order valence-corrected chi connectivity index (χ0v) is 19.4. The fourth-order valence-corrected chi connectivity index (χ4v) is 5.69. The molecule has 1 unspecified atom stereocenters. The van der Waals surface area contributed by atoms with E-state index in [2.05, 4.69) is 36.7 Å². The van der Waals surface area contributed by atoms with E-state index in [-0.39, 0.29) is 29.2 Å². The van der Waals surface area contributed by atoms with Gasteiger partial charge in [0.25, 0.3) is 0 Å². The lowest BCUT2D eigenvalue weighted by molar-refractivity contribution is -0.144. The second-order valence-electron chi connectivity index (χ2n) is 10.9. The molecule has 0 aromatic carbocycles. The number of carbonyl (C=O) groups is 3. The zero-order valence-electron chi connectivity index (χ0n) is 19.4. The van der Waals surface area contributed by atoms with Crippen LogP contribution in [-0.2, 0) is 9.59 Å². The van der Waals surface area contributed by atoms with Gasteiger partial charge in [-0.3, -0.25) is 10.5 Å². The van der Waals surface area contributed by atoms with E-state index in [0.717, 1.165) is 32.1 Å². The molecule has 3 amide bonds. The number of carbonyl (C=O) groups excluding carboxylic acids is 2. The summed E-state index contributed by atoms with van der Waals surface area (Å²) in [7, 11) is 0. The van der Waals surface area contributed by atoms with Gasteiger partial charge in [0.15, 0.2) is 5.66 Å². The SMILES string of the molecule is CCCCC(N)(NC(=O)N[C@H](CC1CC1)C(=O)N[C@H]1C[C@H]2CC[C@]1(C)C2(C)C)C(=O)O. The van der Waals surface area contributed by atoms with Crippen LogP contribution in [0, 0.1) is 22.7 Å². The van der Waals surface area contributed by atoms with Gasteiger partial charge in [-0.2, -0.15) is 0 Å². The summed E-state index contributed by atoms with van der Waals surface area (Å²) in [6.07, 6.45) is 7.41. The molecule has 5 atom stereocenters. The summed E-state index contributed by atoms with van der Waals surface area (Å²) < 4.78 is 0. The largest absolute Gasteiger partial charge is 0.478 e. The molecule has 0 aromatic rings. The topological polar surface area (TPSA) is 134 Å². The van der Waals surface area contributed by atoms with Crippen molar-refractivity contribution in [1.29, 1.82) is 0 Å². The van der Waals surface area contributed by atoms with E-state index in [9.17, 15) is 19.5 Å². The predicted octanol–water partition coefficient (Wildman–Crippen LogP) is 2.72. The van der Waals surface area contributed by atoms with Crippen molar-refractivity contribution >= 4 is 17.9 Å². The first kappa shape index (κ1) is 23.8. The monoisotopic (exact) mass is 436 g/mol. The molecule has 0 radical (unpaired) electrons. The molecule has 3 aliphatic carbocycles. The lowest BCUT2D eigenvalue weighted by Crippen LogP contribution is -2.65. The van der Waals surface area contributed by atoms with Crippen LogP contribution in [-0.4, -0.2) is 40.8 Å². The highest BCUT2D eigenvalue weighted by molar-refractivity contribution is 5.90. The van der Waals surface area contributed by atoms with Crippen molar-refractivity contribution in [2.75, 3.05) is 0 Å². The molecular formula is C23H40N4O4. The average Bonchev–Trinajstić information content (AvgIpc) is 3.44. The number of hydrogen-bond acceptors (Lipinski definition) is 4. The number of urea groups is 1. The van der Waals surface area contributed by atoms with Gasteiger partial charge in [-0.1, -0.05) is 47.0 Å². The Kier molecular flexibility index (Phi) is 6.61. The Balaban J connectivity index is 1.64. The van der Waals surface area contributed by atoms with E-state index in [1.54, 1.807) is 0 Å². The minimum atomic E-state index is -1.84. The predicted molar refractivity (Wildman–Crippen MR) is 118 cm³/mol.